The van der Waals surface area contributed by atoms with Crippen molar-refractivity contribution in [1.29, 1.82) is 0 Å². The van der Waals surface area contributed by atoms with Crippen LogP contribution in [0.5, 0.6) is 17.2 Å². The number of alkyl halides is 2. The number of hydrogen-bond acceptors (Lipinski definition) is 5. The van der Waals surface area contributed by atoms with Gasteiger partial charge < -0.3 is 19.9 Å². The van der Waals surface area contributed by atoms with E-state index in [1.165, 1.54) is 26.4 Å². The van der Waals surface area contributed by atoms with E-state index in [0.717, 1.165) is 13.1 Å². The number of methoxy groups -OCH3 is 2. The van der Waals surface area contributed by atoms with Crippen molar-refractivity contribution in [3.8, 4) is 17.2 Å². The lowest BCUT2D eigenvalue weighted by Crippen LogP contribution is -2.45. The summed E-state index contributed by atoms with van der Waals surface area (Å²) in [6, 6.07) is 2.34. The summed E-state index contributed by atoms with van der Waals surface area (Å²) in [5, 5.41) is 12.9. The number of phenolic OH excluding ortho intramolecular Hbond substituents is 1. The topological polar surface area (TPSA) is 54.0 Å². The van der Waals surface area contributed by atoms with Gasteiger partial charge in [0, 0.05) is 50.8 Å². The van der Waals surface area contributed by atoms with Crippen molar-refractivity contribution in [2.75, 3.05) is 40.4 Å². The highest BCUT2D eigenvalue weighted by Crippen LogP contribution is 2.42. The molecule has 1 aliphatic heterocycles. The van der Waals surface area contributed by atoms with E-state index in [1.54, 1.807) is 0 Å². The number of nitrogens with one attached hydrogen (secondary N) is 1. The molecular weight excluding hydrogens is 330 g/mol. The van der Waals surface area contributed by atoms with Crippen LogP contribution < -0.4 is 14.8 Å². The molecule has 2 rings (SSSR count). The summed E-state index contributed by atoms with van der Waals surface area (Å²) < 4.78 is 36.8. The molecule has 1 saturated heterocycles. The fraction of sp³-hybridized carbons (Fsp3) is 0.600. The number of piperazine rings is 1. The van der Waals surface area contributed by atoms with Crippen LogP contribution in [0.25, 0.3) is 0 Å². The van der Waals surface area contributed by atoms with Crippen LogP contribution in [0.2, 0.25) is 0 Å². The van der Waals surface area contributed by atoms with Crippen molar-refractivity contribution in [3.05, 3.63) is 17.7 Å². The van der Waals surface area contributed by atoms with E-state index in [-0.39, 0.29) is 24.6 Å². The number of nitrogens with zero attached hydrogens (tertiary/aromatic N) is 1. The Labute approximate surface area is 141 Å². The van der Waals surface area contributed by atoms with Gasteiger partial charge in [-0.3, -0.25) is 4.90 Å². The Kier molecular flexibility index (Phi) is 7.81. The molecule has 0 spiro atoms. The van der Waals surface area contributed by atoms with Crippen molar-refractivity contribution in [1.82, 2.24) is 10.2 Å². The van der Waals surface area contributed by atoms with Crippen LogP contribution in [0.1, 0.15) is 18.0 Å². The average Bonchev–Trinajstić information content (AvgIpc) is 2.52. The fourth-order valence-corrected chi connectivity index (χ4v) is 2.87. The molecule has 0 radical (unpaired) electrons. The Morgan fingerprint density at radius 3 is 2.13 bits per heavy atom. The maximum Gasteiger partial charge on any atom is 0.240 e. The van der Waals surface area contributed by atoms with Gasteiger partial charge in [-0.1, -0.05) is 0 Å². The Bertz CT molecular complexity index is 475. The van der Waals surface area contributed by atoms with Crippen molar-refractivity contribution in [2.45, 2.75) is 18.9 Å². The molecule has 0 saturated carbocycles. The summed E-state index contributed by atoms with van der Waals surface area (Å²) in [4.78, 5) is 2.00. The summed E-state index contributed by atoms with van der Waals surface area (Å²) in [7, 11) is 2.91. The molecule has 8 heteroatoms. The molecule has 1 heterocycles. The monoisotopic (exact) mass is 352 g/mol. The first kappa shape index (κ1) is 19.7. The smallest absolute Gasteiger partial charge is 0.240 e. The van der Waals surface area contributed by atoms with E-state index in [9.17, 15) is 13.9 Å². The first-order chi connectivity index (χ1) is 10.6. The van der Waals surface area contributed by atoms with E-state index in [0.29, 0.717) is 30.2 Å². The normalized spacial score (nSPS) is 16.7. The maximum atomic E-state index is 13.1. The average molecular weight is 353 g/mol. The second-order valence-corrected chi connectivity index (χ2v) is 5.19. The highest BCUT2D eigenvalue weighted by molar-refractivity contribution is 5.85. The molecule has 1 aromatic carbocycles. The summed E-state index contributed by atoms with van der Waals surface area (Å²) in [5.74, 6) is 0.704. The van der Waals surface area contributed by atoms with Crippen LogP contribution in [0.3, 0.4) is 0 Å². The molecule has 0 amide bonds. The molecule has 5 nitrogen and oxygen atoms in total. The minimum atomic E-state index is -2.44. The third-order valence-corrected chi connectivity index (χ3v) is 3.86. The molecule has 1 aliphatic rings. The fourth-order valence-electron chi connectivity index (χ4n) is 2.87. The van der Waals surface area contributed by atoms with E-state index in [1.807, 2.05) is 4.90 Å². The minimum Gasteiger partial charge on any atom is -0.508 e. The maximum absolute atomic E-state index is 13.1. The molecule has 1 fully saturated rings. The molecule has 132 valence electrons. The van der Waals surface area contributed by atoms with Gasteiger partial charge >= 0.3 is 0 Å². The van der Waals surface area contributed by atoms with Gasteiger partial charge in [-0.2, -0.15) is 0 Å². The molecular formula is C15H23ClF2N2O3. The molecule has 23 heavy (non-hydrogen) atoms. The number of phenols is 1. The number of halogens is 3. The van der Waals surface area contributed by atoms with Gasteiger partial charge in [0.25, 0.3) is 0 Å². The van der Waals surface area contributed by atoms with Gasteiger partial charge in [0.15, 0.2) is 0 Å². The first-order valence-corrected chi connectivity index (χ1v) is 7.24. The van der Waals surface area contributed by atoms with E-state index in [2.05, 4.69) is 5.32 Å². The standard InChI is InChI=1S/C15H22F2N2O3.ClH/c1-21-12-7-10(20)8-13(22-2)15(12)11(9-14(16)17)19-5-3-18-4-6-19;/h7-8,11,14,18,20H,3-6,9H2,1-2H3;1H/t11-;/m0./s1. The number of aromatic hydroxyl groups is 1. The molecule has 0 unspecified atom stereocenters. The Balaban J connectivity index is 0.00000264. The summed E-state index contributed by atoms with van der Waals surface area (Å²) >= 11 is 0. The van der Waals surface area contributed by atoms with Gasteiger partial charge in [0.1, 0.15) is 17.2 Å². The third kappa shape index (κ3) is 4.83. The SMILES string of the molecule is COc1cc(O)cc(OC)c1[C@H](CC(F)F)N1CCNCC1.Cl. The zero-order chi connectivity index (χ0) is 16.1. The largest absolute Gasteiger partial charge is 0.508 e. The number of hydrogen-bond donors (Lipinski definition) is 2. The molecule has 0 aromatic heterocycles. The zero-order valence-electron chi connectivity index (χ0n) is 13.2. The van der Waals surface area contributed by atoms with Crippen LogP contribution in [0.15, 0.2) is 12.1 Å². The van der Waals surface area contributed by atoms with Gasteiger partial charge in [-0.15, -0.1) is 12.4 Å². The first-order valence-electron chi connectivity index (χ1n) is 7.24. The quantitative estimate of drug-likeness (QED) is 0.823. The lowest BCUT2D eigenvalue weighted by atomic mass is 9.98. The Hall–Kier alpha value is -1.31. The molecule has 1 atom stereocenters. The molecule has 1 aromatic rings. The summed E-state index contributed by atoms with van der Waals surface area (Å²) in [6.07, 6.45) is -2.75. The summed E-state index contributed by atoms with van der Waals surface area (Å²) in [5.41, 5.74) is 0.560. The van der Waals surface area contributed by atoms with Crippen LogP contribution in [0, 0.1) is 0 Å². The molecule has 0 bridgehead atoms. The van der Waals surface area contributed by atoms with Gasteiger partial charge in [-0.05, 0) is 0 Å². The highest BCUT2D eigenvalue weighted by atomic mass is 35.5. The van der Waals surface area contributed by atoms with Crippen LogP contribution in [-0.2, 0) is 0 Å². The summed E-state index contributed by atoms with van der Waals surface area (Å²) in [6.45, 7) is 2.85. The van der Waals surface area contributed by atoms with Crippen molar-refractivity contribution >= 4 is 12.4 Å². The van der Waals surface area contributed by atoms with Crippen molar-refractivity contribution in [2.24, 2.45) is 0 Å². The molecule has 0 aliphatic carbocycles. The number of benzene rings is 1. The molecule has 2 N–H and O–H groups in total. The van der Waals surface area contributed by atoms with Crippen LogP contribution in [-0.4, -0.2) is 56.8 Å². The predicted octanol–water partition coefficient (Wildman–Crippen LogP) is 2.43. The zero-order valence-corrected chi connectivity index (χ0v) is 14.0. The highest BCUT2D eigenvalue weighted by Gasteiger charge is 2.31. The predicted molar refractivity (Wildman–Crippen MR) is 86.3 cm³/mol. The van der Waals surface area contributed by atoms with E-state index >= 15 is 0 Å². The number of ether oxygens (including phenoxy) is 2. The van der Waals surface area contributed by atoms with Crippen LogP contribution in [0.4, 0.5) is 8.78 Å². The second kappa shape index (κ2) is 9.10. The third-order valence-electron chi connectivity index (χ3n) is 3.86. The van der Waals surface area contributed by atoms with Gasteiger partial charge in [0.2, 0.25) is 6.43 Å². The van der Waals surface area contributed by atoms with Gasteiger partial charge in [-0.25, -0.2) is 8.78 Å². The van der Waals surface area contributed by atoms with Crippen LogP contribution >= 0.6 is 12.4 Å². The number of rotatable bonds is 6. The van der Waals surface area contributed by atoms with Crippen molar-refractivity contribution < 1.29 is 23.4 Å². The Morgan fingerprint density at radius 1 is 1.17 bits per heavy atom. The van der Waals surface area contributed by atoms with E-state index < -0.39 is 12.5 Å². The lowest BCUT2D eigenvalue weighted by Gasteiger charge is -2.36. The van der Waals surface area contributed by atoms with Gasteiger partial charge in [0.05, 0.1) is 19.8 Å². The minimum absolute atomic E-state index is 0. The Morgan fingerprint density at radius 2 is 1.70 bits per heavy atom. The second-order valence-electron chi connectivity index (χ2n) is 5.19. The lowest BCUT2D eigenvalue weighted by molar-refractivity contribution is 0.0718. The van der Waals surface area contributed by atoms with E-state index in [4.69, 9.17) is 9.47 Å². The van der Waals surface area contributed by atoms with Crippen molar-refractivity contribution in [3.63, 3.8) is 0 Å².